The fourth-order valence-electron chi connectivity index (χ4n) is 3.14. The number of amides is 2. The maximum absolute atomic E-state index is 14.3. The van der Waals surface area contributed by atoms with Crippen LogP contribution in [-0.2, 0) is 28.5 Å². The summed E-state index contributed by atoms with van der Waals surface area (Å²) in [6.45, 7) is 5.56. The first kappa shape index (κ1) is 26.6. The summed E-state index contributed by atoms with van der Waals surface area (Å²) in [7, 11) is -3.63. The first-order valence-electron chi connectivity index (χ1n) is 10.6. The maximum atomic E-state index is 14.3. The number of rotatable bonds is 7. The van der Waals surface area contributed by atoms with Crippen LogP contribution in [-0.4, -0.2) is 30.5 Å². The van der Waals surface area contributed by atoms with Gasteiger partial charge in [-0.1, -0.05) is 38.4 Å². The predicted octanol–water partition coefficient (Wildman–Crippen LogP) is 4.47. The Balaban J connectivity index is 1.75. The molecular weight excluding hydrogens is 500 g/mol. The third-order valence-electron chi connectivity index (χ3n) is 4.94. The van der Waals surface area contributed by atoms with Crippen molar-refractivity contribution in [3.63, 3.8) is 0 Å². The van der Waals surface area contributed by atoms with Crippen molar-refractivity contribution in [2.24, 2.45) is 0 Å². The molecule has 0 saturated heterocycles. The second kappa shape index (κ2) is 10.3. The normalized spacial score (nSPS) is 12.0. The Labute approximate surface area is 207 Å². The van der Waals surface area contributed by atoms with Gasteiger partial charge >= 0.3 is 6.03 Å². The number of aromatic nitrogens is 2. The number of benzene rings is 2. The van der Waals surface area contributed by atoms with Crippen molar-refractivity contribution < 1.29 is 22.0 Å². The molecule has 35 heavy (non-hydrogen) atoms. The van der Waals surface area contributed by atoms with Gasteiger partial charge in [0.2, 0.25) is 10.0 Å². The van der Waals surface area contributed by atoms with Gasteiger partial charge in [-0.25, -0.2) is 31.4 Å². The highest BCUT2D eigenvalue weighted by atomic mass is 35.5. The highest BCUT2D eigenvalue weighted by Gasteiger charge is 2.21. The lowest BCUT2D eigenvalue weighted by atomic mass is 9.92. The van der Waals surface area contributed by atoms with Crippen LogP contribution in [0.4, 0.5) is 19.3 Å². The number of halogens is 3. The van der Waals surface area contributed by atoms with Gasteiger partial charge in [0, 0.05) is 28.2 Å². The molecule has 0 radical (unpaired) electrons. The Morgan fingerprint density at radius 1 is 1.09 bits per heavy atom. The number of nitrogens with one attached hydrogen (secondary N) is 3. The number of hydrogen-bond acceptors (Lipinski definition) is 4. The lowest BCUT2D eigenvalue weighted by Crippen LogP contribution is -2.29. The number of carbonyl (C=O) groups excluding carboxylic acids is 1. The third kappa shape index (κ3) is 7.23. The summed E-state index contributed by atoms with van der Waals surface area (Å²) in [5.41, 5.74) is 1.36. The molecule has 2 amide bonds. The molecule has 0 aliphatic heterocycles. The molecule has 0 bridgehead atoms. The number of anilines is 1. The van der Waals surface area contributed by atoms with Crippen molar-refractivity contribution in [3.8, 4) is 5.69 Å². The summed E-state index contributed by atoms with van der Waals surface area (Å²) in [4.78, 5) is 12.4. The van der Waals surface area contributed by atoms with E-state index in [4.69, 9.17) is 11.6 Å². The molecule has 0 aliphatic carbocycles. The molecule has 3 aromatic rings. The Kier molecular flexibility index (Phi) is 7.83. The van der Waals surface area contributed by atoms with E-state index in [1.54, 1.807) is 22.9 Å². The smallest absolute Gasteiger partial charge is 0.319 e. The Morgan fingerprint density at radius 2 is 1.74 bits per heavy atom. The highest BCUT2D eigenvalue weighted by Crippen LogP contribution is 2.25. The summed E-state index contributed by atoms with van der Waals surface area (Å²) < 4.78 is 54.7. The van der Waals surface area contributed by atoms with Gasteiger partial charge in [-0.2, -0.15) is 5.10 Å². The van der Waals surface area contributed by atoms with Crippen LogP contribution in [0.25, 0.3) is 5.69 Å². The fraction of sp³-hybridized carbons (Fsp3) is 0.304. The molecule has 1 heterocycles. The first-order chi connectivity index (χ1) is 16.2. The second-order valence-corrected chi connectivity index (χ2v) is 11.3. The SMILES string of the molecule is CC(C)(C)c1cc(CNC(=O)Nc2cc(F)c(CNS(C)(=O)=O)c(F)c2)n(-c2cccc(Cl)c2)n1. The fourth-order valence-corrected chi connectivity index (χ4v) is 3.73. The number of carbonyl (C=O) groups is 1. The minimum absolute atomic E-state index is 0.0722. The van der Waals surface area contributed by atoms with Gasteiger partial charge in [0.1, 0.15) is 11.6 Å². The monoisotopic (exact) mass is 525 g/mol. The van der Waals surface area contributed by atoms with Gasteiger partial charge in [-0.05, 0) is 36.4 Å². The Hall–Kier alpha value is -3.02. The quantitative estimate of drug-likeness (QED) is 0.423. The van der Waals surface area contributed by atoms with Crippen molar-refractivity contribution in [3.05, 3.63) is 76.1 Å². The Morgan fingerprint density at radius 3 is 2.31 bits per heavy atom. The molecule has 12 heteroatoms. The Bertz CT molecular complexity index is 1330. The zero-order valence-corrected chi connectivity index (χ0v) is 21.2. The van der Waals surface area contributed by atoms with Crippen LogP contribution in [0.3, 0.4) is 0 Å². The van der Waals surface area contributed by atoms with E-state index >= 15 is 0 Å². The molecule has 0 fully saturated rings. The van der Waals surface area contributed by atoms with Crippen LogP contribution in [0.1, 0.15) is 37.7 Å². The number of nitrogens with zero attached hydrogens (tertiary/aromatic N) is 2. The van der Waals surface area contributed by atoms with Gasteiger partial charge in [0.25, 0.3) is 0 Å². The summed E-state index contributed by atoms with van der Waals surface area (Å²) in [5.74, 6) is -1.99. The van der Waals surface area contributed by atoms with Crippen LogP contribution in [0.5, 0.6) is 0 Å². The first-order valence-corrected chi connectivity index (χ1v) is 12.8. The van der Waals surface area contributed by atoms with Crippen molar-refractivity contribution >= 4 is 33.3 Å². The minimum Gasteiger partial charge on any atom is -0.332 e. The molecule has 3 N–H and O–H groups in total. The number of sulfonamides is 1. The average Bonchev–Trinajstić information content (AvgIpc) is 3.16. The standard InChI is InChI=1S/C23H26ClF2N5O3S/c1-23(2,3)21-11-17(31(30-21)16-7-5-6-14(24)8-16)12-27-22(32)29-15-9-19(25)18(20(26)10-15)13-28-35(4,33)34/h5-11,28H,12-13H2,1-4H3,(H2,27,29,32). The van der Waals surface area contributed by atoms with Crippen LogP contribution < -0.4 is 15.4 Å². The molecule has 188 valence electrons. The third-order valence-corrected chi connectivity index (χ3v) is 5.85. The van der Waals surface area contributed by atoms with E-state index in [0.29, 0.717) is 16.4 Å². The van der Waals surface area contributed by atoms with Crippen LogP contribution >= 0.6 is 11.6 Å². The molecule has 8 nitrogen and oxygen atoms in total. The van der Waals surface area contributed by atoms with E-state index in [1.807, 2.05) is 37.6 Å². The molecule has 0 unspecified atom stereocenters. The van der Waals surface area contributed by atoms with Gasteiger partial charge < -0.3 is 10.6 Å². The summed E-state index contributed by atoms with van der Waals surface area (Å²) in [6.07, 6.45) is 0.881. The molecule has 0 atom stereocenters. The van der Waals surface area contributed by atoms with E-state index < -0.39 is 39.8 Å². The molecule has 0 aliphatic rings. The second-order valence-electron chi connectivity index (χ2n) is 8.98. The van der Waals surface area contributed by atoms with E-state index in [2.05, 4.69) is 15.7 Å². The van der Waals surface area contributed by atoms with E-state index in [9.17, 15) is 22.0 Å². The van der Waals surface area contributed by atoms with Crippen molar-refractivity contribution in [1.82, 2.24) is 19.8 Å². The highest BCUT2D eigenvalue weighted by molar-refractivity contribution is 7.88. The lowest BCUT2D eigenvalue weighted by molar-refractivity contribution is 0.251. The summed E-state index contributed by atoms with van der Waals surface area (Å²) in [5, 5.41) is 10.2. The molecule has 2 aromatic carbocycles. The van der Waals surface area contributed by atoms with Gasteiger partial charge in [-0.15, -0.1) is 0 Å². The zero-order valence-electron chi connectivity index (χ0n) is 19.6. The molecule has 0 spiro atoms. The predicted molar refractivity (Wildman–Crippen MR) is 131 cm³/mol. The molecular formula is C23H26ClF2N5O3S. The van der Waals surface area contributed by atoms with Crippen molar-refractivity contribution in [1.29, 1.82) is 0 Å². The summed E-state index contributed by atoms with van der Waals surface area (Å²) >= 11 is 6.12. The van der Waals surface area contributed by atoms with E-state index in [1.165, 1.54) is 0 Å². The van der Waals surface area contributed by atoms with Crippen molar-refractivity contribution in [2.75, 3.05) is 11.6 Å². The molecule has 3 rings (SSSR count). The molecule has 1 aromatic heterocycles. The van der Waals surface area contributed by atoms with Crippen molar-refractivity contribution in [2.45, 2.75) is 39.3 Å². The number of hydrogen-bond donors (Lipinski definition) is 3. The van der Waals surface area contributed by atoms with Gasteiger partial charge in [0.05, 0.1) is 29.9 Å². The summed E-state index contributed by atoms with van der Waals surface area (Å²) in [6, 6.07) is 10.1. The van der Waals surface area contributed by atoms with E-state index in [-0.39, 0.29) is 17.6 Å². The number of urea groups is 1. The zero-order chi connectivity index (χ0) is 26.0. The minimum atomic E-state index is -3.63. The van der Waals surface area contributed by atoms with Crippen LogP contribution in [0, 0.1) is 11.6 Å². The average molecular weight is 526 g/mol. The van der Waals surface area contributed by atoms with E-state index in [0.717, 1.165) is 24.1 Å². The largest absolute Gasteiger partial charge is 0.332 e. The van der Waals surface area contributed by atoms with Crippen LogP contribution in [0.2, 0.25) is 5.02 Å². The van der Waals surface area contributed by atoms with Gasteiger partial charge in [0.15, 0.2) is 0 Å². The van der Waals surface area contributed by atoms with Gasteiger partial charge in [-0.3, -0.25) is 0 Å². The van der Waals surface area contributed by atoms with Crippen LogP contribution in [0.15, 0.2) is 42.5 Å². The molecule has 0 saturated carbocycles. The lowest BCUT2D eigenvalue weighted by Gasteiger charge is -2.14. The maximum Gasteiger partial charge on any atom is 0.319 e. The topological polar surface area (TPSA) is 105 Å².